The largest absolute Gasteiger partial charge is 0.512 e. The fraction of sp³-hybridized carbons (Fsp3) is 0.195. The molecule has 6 heterocycles. The van der Waals surface area contributed by atoms with Crippen LogP contribution in [0.2, 0.25) is 0 Å². The predicted molar refractivity (Wildman–Crippen MR) is 370 cm³/mol. The molecular formula is C82H80Ir2N4O4. The van der Waals surface area contributed by atoms with Gasteiger partial charge in [-0.1, -0.05) is 177 Å². The summed E-state index contributed by atoms with van der Waals surface area (Å²) in [6, 6.07) is 77.3. The normalized spacial score (nSPS) is 11.5. The van der Waals surface area contributed by atoms with E-state index in [2.05, 4.69) is 251 Å². The number of rotatable bonds is 6. The van der Waals surface area contributed by atoms with Crippen molar-refractivity contribution < 1.29 is 69.1 Å². The summed E-state index contributed by atoms with van der Waals surface area (Å²) in [4.78, 5) is 30.5. The van der Waals surface area contributed by atoms with Crippen molar-refractivity contribution in [2.75, 3.05) is 0 Å². The first kappa shape index (κ1) is 70.6. The number of aliphatic hydroxyl groups is 2. The van der Waals surface area contributed by atoms with E-state index in [4.69, 9.17) is 15.1 Å². The number of aromatic nitrogens is 4. The minimum Gasteiger partial charge on any atom is -0.512 e. The van der Waals surface area contributed by atoms with Gasteiger partial charge in [0, 0.05) is 98.4 Å². The zero-order valence-corrected chi connectivity index (χ0v) is 59.3. The fourth-order valence-electron chi connectivity index (χ4n) is 11.3. The Balaban J connectivity index is 0.000000160. The van der Waals surface area contributed by atoms with Gasteiger partial charge in [0.2, 0.25) is 16.9 Å². The number of hydrogen-bond donors (Lipinski definition) is 2. The Hall–Kier alpha value is -8.88. The van der Waals surface area contributed by atoms with Crippen LogP contribution in [0.3, 0.4) is 0 Å². The molecular weight excluding hydrogens is 1490 g/mol. The number of aryl methyl sites for hydroxylation is 6. The standard InChI is InChI=1S/C18H16N.2C17H14N.C16H12N.C9H16O2.C5H8O2.2Ir/c1-12-4-5-15-6-7-17(19-18(15)11-12)16-9-13(2)8-14(3)10-16;1-12-10-13-6-3-5-9-16(13)18-11-14-7-2-4-8-15(14)17(12)18;1-12-9-13(2)11-15(10-12)17-8-7-14-5-3-4-6-16(14)18-17;1-3-7-14-12(5-1)9-10-17-11-13-6-2-4-8-15(13)16(14)17;1-6(2)8(10)5-9(11)7(3)4;1-4(6)3-5(2)7;;/h4-9,11H,1-3H3;2-10H,11H2,1H3;3-10H,1-2H3;1-10H,11H2;5-7,10H,1-4H3;3,6H,1-2H3;;/q-1;+1;-1;+1;;;;. The third-order valence-corrected chi connectivity index (χ3v) is 15.6. The average Bonchev–Trinajstić information content (AvgIpc) is 1.60. The number of hydrogen-bond acceptors (Lipinski definition) is 6. The van der Waals surface area contributed by atoms with Gasteiger partial charge in [-0.25, -0.2) is 0 Å². The van der Waals surface area contributed by atoms with Crippen molar-refractivity contribution in [2.45, 2.75) is 96.2 Å². The third kappa shape index (κ3) is 18.0. The maximum atomic E-state index is 11.0. The van der Waals surface area contributed by atoms with Gasteiger partial charge in [0.1, 0.15) is 0 Å². The summed E-state index contributed by atoms with van der Waals surface area (Å²) in [5.74, 6) is 0.0981. The first-order chi connectivity index (χ1) is 43.2. The molecule has 470 valence electrons. The van der Waals surface area contributed by atoms with Gasteiger partial charge in [0.05, 0.1) is 39.1 Å². The van der Waals surface area contributed by atoms with Crippen LogP contribution < -0.4 is 9.13 Å². The molecule has 2 radical (unpaired) electrons. The smallest absolute Gasteiger partial charge is 0.221 e. The van der Waals surface area contributed by atoms with Crippen molar-refractivity contribution >= 4 is 55.0 Å². The van der Waals surface area contributed by atoms with Gasteiger partial charge in [0.15, 0.2) is 30.9 Å². The first-order valence-electron chi connectivity index (χ1n) is 30.8. The first-order valence-corrected chi connectivity index (χ1v) is 30.8. The quantitative estimate of drug-likeness (QED) is 0.0743. The number of aliphatic hydroxyl groups excluding tert-OH is 2. The number of pyridine rings is 4. The molecule has 2 aliphatic heterocycles. The van der Waals surface area contributed by atoms with Gasteiger partial charge in [-0.15, -0.1) is 69.8 Å². The number of benzene rings is 8. The Morgan fingerprint density at radius 2 is 1.00 bits per heavy atom. The minimum absolute atomic E-state index is 0. The van der Waals surface area contributed by atoms with Gasteiger partial charge in [-0.05, 0) is 103 Å². The molecule has 10 heteroatoms. The second kappa shape index (κ2) is 32.4. The van der Waals surface area contributed by atoms with Crippen LogP contribution in [0.5, 0.6) is 0 Å². The molecule has 4 aromatic heterocycles. The molecule has 0 aliphatic carbocycles. The van der Waals surface area contributed by atoms with Crippen LogP contribution in [-0.2, 0) is 62.9 Å². The summed E-state index contributed by atoms with van der Waals surface area (Å²) in [5, 5.41) is 23.9. The van der Waals surface area contributed by atoms with Crippen LogP contribution in [0.1, 0.15) is 86.1 Å². The van der Waals surface area contributed by atoms with Gasteiger partial charge < -0.3 is 10.2 Å². The fourth-order valence-corrected chi connectivity index (χ4v) is 11.3. The molecule has 92 heavy (non-hydrogen) atoms. The molecule has 8 aromatic carbocycles. The monoisotopic (exact) mass is 1570 g/mol. The summed E-state index contributed by atoms with van der Waals surface area (Å²) in [5.41, 5.74) is 23.3. The second-order valence-electron chi connectivity index (χ2n) is 24.0. The van der Waals surface area contributed by atoms with E-state index in [-0.39, 0.29) is 75.1 Å². The molecule has 0 saturated heterocycles. The molecule has 2 aliphatic rings. The Bertz CT molecular complexity index is 4640. The van der Waals surface area contributed by atoms with Crippen molar-refractivity contribution in [3.05, 3.63) is 287 Å². The van der Waals surface area contributed by atoms with E-state index in [0.29, 0.717) is 0 Å². The van der Waals surface area contributed by atoms with Crippen molar-refractivity contribution in [3.63, 3.8) is 0 Å². The number of ketones is 2. The Labute approximate surface area is 569 Å². The van der Waals surface area contributed by atoms with Crippen molar-refractivity contribution in [2.24, 2.45) is 11.8 Å². The predicted octanol–water partition coefficient (Wildman–Crippen LogP) is 18.9. The molecule has 12 aromatic rings. The van der Waals surface area contributed by atoms with Crippen LogP contribution in [0.4, 0.5) is 0 Å². The zero-order valence-electron chi connectivity index (χ0n) is 54.5. The van der Waals surface area contributed by atoms with E-state index in [1.807, 2.05) is 45.9 Å². The summed E-state index contributed by atoms with van der Waals surface area (Å²) in [6.45, 7) is 24.8. The molecule has 14 rings (SSSR count). The molecule has 0 atom stereocenters. The van der Waals surface area contributed by atoms with Gasteiger partial charge >= 0.3 is 0 Å². The van der Waals surface area contributed by atoms with Gasteiger partial charge in [-0.3, -0.25) is 19.6 Å². The van der Waals surface area contributed by atoms with Crippen LogP contribution in [0.25, 0.3) is 88.5 Å². The van der Waals surface area contributed by atoms with Gasteiger partial charge in [0.25, 0.3) is 0 Å². The molecule has 0 saturated carbocycles. The molecule has 0 unspecified atom stereocenters. The summed E-state index contributed by atoms with van der Waals surface area (Å²) in [7, 11) is 0. The number of allylic oxidation sites excluding steroid dienone is 4. The minimum atomic E-state index is -0.125. The zero-order chi connectivity index (χ0) is 64.2. The topological polar surface area (TPSA) is 108 Å². The van der Waals surface area contributed by atoms with Crippen LogP contribution in [-0.4, -0.2) is 31.7 Å². The van der Waals surface area contributed by atoms with Crippen molar-refractivity contribution in [1.82, 2.24) is 9.97 Å². The second-order valence-corrected chi connectivity index (χ2v) is 24.0. The van der Waals surface area contributed by atoms with Crippen LogP contribution >= 0.6 is 0 Å². The number of para-hydroxylation sites is 2. The number of nitrogens with zero attached hydrogens (tertiary/aromatic N) is 4. The van der Waals surface area contributed by atoms with E-state index in [9.17, 15) is 14.7 Å². The van der Waals surface area contributed by atoms with Crippen molar-refractivity contribution in [1.29, 1.82) is 0 Å². The number of carbonyl (C=O) groups excluding carboxylic acids is 2. The van der Waals surface area contributed by atoms with E-state index in [1.54, 1.807) is 0 Å². The summed E-state index contributed by atoms with van der Waals surface area (Å²) >= 11 is 0. The molecule has 2 N–H and O–H groups in total. The van der Waals surface area contributed by atoms with E-state index in [0.717, 1.165) is 57.8 Å². The SMILES string of the molecule is CC(=O)C=C(C)O.CC(C)C(=O)C=C(O)C(C)C.Cc1[c-]c(-c2ccc3ccc(C)cc3n2)cc(C)c1.Cc1[c-]c(-c2ccc3ccccc3n2)cc(C)c1.Cc1cc2ccccc2[n+]2c1-c1ccccc1C2.[Ir].[Ir].c1ccc2c(c1)C[n+]1ccc3ccccc3c1-2. The van der Waals surface area contributed by atoms with Crippen molar-refractivity contribution in [3.8, 4) is 45.0 Å². The van der Waals surface area contributed by atoms with E-state index in [1.165, 1.54) is 114 Å². The maximum Gasteiger partial charge on any atom is 0.221 e. The molecule has 0 fully saturated rings. The van der Waals surface area contributed by atoms with E-state index < -0.39 is 0 Å². The molecule has 8 nitrogen and oxygen atoms in total. The van der Waals surface area contributed by atoms with E-state index >= 15 is 0 Å². The average molecular weight is 1570 g/mol. The van der Waals surface area contributed by atoms with Gasteiger partial charge in [-0.2, -0.15) is 9.13 Å². The van der Waals surface area contributed by atoms with Crippen LogP contribution in [0.15, 0.2) is 230 Å². The van der Waals surface area contributed by atoms with Crippen LogP contribution in [0, 0.1) is 65.5 Å². The Morgan fingerprint density at radius 3 is 1.58 bits per heavy atom. The maximum absolute atomic E-state index is 11.0. The number of fused-ring (bicyclic) bond motifs is 12. The summed E-state index contributed by atoms with van der Waals surface area (Å²) < 4.78 is 4.78. The third-order valence-electron chi connectivity index (χ3n) is 15.6. The Kier molecular flexibility index (Phi) is 24.9. The Morgan fingerprint density at radius 1 is 0.489 bits per heavy atom. The molecule has 0 amide bonds. The summed E-state index contributed by atoms with van der Waals surface area (Å²) in [6.07, 6.45) is 4.67. The molecule has 0 bridgehead atoms. The molecule has 0 spiro atoms. The number of carbonyl (C=O) groups is 2.